The Labute approximate surface area is 119 Å². The van der Waals surface area contributed by atoms with Crippen LogP contribution in [0.5, 0.6) is 5.75 Å². The normalized spacial score (nSPS) is 18.1. The lowest BCUT2D eigenvalue weighted by molar-refractivity contribution is -0.875. The highest BCUT2D eigenvalue weighted by molar-refractivity contribution is 5.78. The second-order valence-electron chi connectivity index (χ2n) is 5.09. The lowest BCUT2D eigenvalue weighted by Gasteiger charge is -2.20. The van der Waals surface area contributed by atoms with Gasteiger partial charge in [-0.1, -0.05) is 12.1 Å². The van der Waals surface area contributed by atoms with Crippen molar-refractivity contribution >= 4 is 5.91 Å². The summed E-state index contributed by atoms with van der Waals surface area (Å²) in [5, 5.41) is 0. The molecule has 5 nitrogen and oxygen atoms in total. The van der Waals surface area contributed by atoms with Crippen LogP contribution in [-0.2, 0) is 11.2 Å². The van der Waals surface area contributed by atoms with Crippen molar-refractivity contribution in [3.8, 4) is 5.75 Å². The van der Waals surface area contributed by atoms with Crippen molar-refractivity contribution in [1.82, 2.24) is 10.9 Å². The second kappa shape index (κ2) is 6.96. The summed E-state index contributed by atoms with van der Waals surface area (Å²) in [6.45, 7) is 2.09. The molecule has 1 aromatic rings. The van der Waals surface area contributed by atoms with Gasteiger partial charge in [0, 0.05) is 12.1 Å². The van der Waals surface area contributed by atoms with Crippen LogP contribution in [0.4, 0.5) is 0 Å². The summed E-state index contributed by atoms with van der Waals surface area (Å²) >= 11 is 0. The topological polar surface area (TPSA) is 54.8 Å². The Hall–Kier alpha value is -2.01. The van der Waals surface area contributed by atoms with E-state index in [-0.39, 0.29) is 5.91 Å². The molecule has 1 heterocycles. The largest absolute Gasteiger partial charge is 0.497 e. The maximum Gasteiger partial charge on any atom is 0.242 e. The van der Waals surface area contributed by atoms with Gasteiger partial charge in [0.2, 0.25) is 5.91 Å². The molecule has 1 aliphatic heterocycles. The fraction of sp³-hybridized carbons (Fsp3) is 0.400. The molecule has 0 aliphatic carbocycles. The van der Waals surface area contributed by atoms with Crippen molar-refractivity contribution in [3.63, 3.8) is 0 Å². The smallest absolute Gasteiger partial charge is 0.242 e. The number of amides is 1. The Morgan fingerprint density at radius 1 is 1.35 bits per heavy atom. The Balaban J connectivity index is 1.77. The third-order valence-electron chi connectivity index (χ3n) is 3.40. The minimum absolute atomic E-state index is 0.0395. The quantitative estimate of drug-likeness (QED) is 0.645. The first-order valence-electron chi connectivity index (χ1n) is 6.85. The van der Waals surface area contributed by atoms with Crippen LogP contribution in [0.3, 0.4) is 0 Å². The summed E-state index contributed by atoms with van der Waals surface area (Å²) in [7, 11) is 3.79. The number of likely N-dealkylation sites (N-methyl/N-ethyl adjacent to an activating group) is 1. The molecule has 1 unspecified atom stereocenters. The maximum absolute atomic E-state index is 11.8. The number of methoxy groups -OCH3 is 1. The van der Waals surface area contributed by atoms with E-state index < -0.39 is 0 Å². The van der Waals surface area contributed by atoms with Crippen LogP contribution < -0.4 is 20.5 Å². The minimum atomic E-state index is -0.0395. The molecule has 1 aliphatic rings. The number of benzene rings is 1. The van der Waals surface area contributed by atoms with Gasteiger partial charge in [0.1, 0.15) is 5.75 Å². The zero-order valence-electron chi connectivity index (χ0n) is 12.0. The fourth-order valence-electron chi connectivity index (χ4n) is 2.09. The lowest BCUT2D eigenvalue weighted by Crippen LogP contribution is -3.09. The molecule has 3 N–H and O–H groups in total. The molecule has 1 amide bonds. The van der Waals surface area contributed by atoms with Crippen LogP contribution in [0.1, 0.15) is 12.0 Å². The van der Waals surface area contributed by atoms with E-state index in [0.717, 1.165) is 36.5 Å². The zero-order chi connectivity index (χ0) is 14.4. The Bertz CT molecular complexity index is 482. The van der Waals surface area contributed by atoms with Gasteiger partial charge in [-0.15, -0.1) is 0 Å². The van der Waals surface area contributed by atoms with Gasteiger partial charge in [0.25, 0.3) is 0 Å². The Kier molecular flexibility index (Phi) is 5.01. The van der Waals surface area contributed by atoms with E-state index in [1.54, 1.807) is 7.11 Å². The van der Waals surface area contributed by atoms with Gasteiger partial charge in [-0.2, -0.15) is 0 Å². The minimum Gasteiger partial charge on any atom is -0.497 e. The first kappa shape index (κ1) is 14.4. The third-order valence-corrected chi connectivity index (χ3v) is 3.40. The highest BCUT2D eigenvalue weighted by atomic mass is 16.5. The highest BCUT2D eigenvalue weighted by Gasteiger charge is 2.11. The van der Waals surface area contributed by atoms with Gasteiger partial charge in [-0.3, -0.25) is 10.2 Å². The van der Waals surface area contributed by atoms with E-state index in [1.807, 2.05) is 24.3 Å². The number of ether oxygens (including phenoxy) is 1. The molecule has 0 aromatic heterocycles. The summed E-state index contributed by atoms with van der Waals surface area (Å²) in [5.41, 5.74) is 7.82. The van der Waals surface area contributed by atoms with Crippen LogP contribution >= 0.6 is 0 Å². The number of quaternary nitrogens is 1. The third kappa shape index (κ3) is 4.28. The highest BCUT2D eigenvalue weighted by Crippen LogP contribution is 2.11. The molecule has 0 bridgehead atoms. The number of hydrogen-bond donors (Lipinski definition) is 3. The Morgan fingerprint density at radius 2 is 2.10 bits per heavy atom. The molecule has 0 saturated heterocycles. The van der Waals surface area contributed by atoms with E-state index >= 15 is 0 Å². The summed E-state index contributed by atoms with van der Waals surface area (Å²) < 4.78 is 5.09. The molecule has 1 atom stereocenters. The number of carbonyl (C=O) groups excluding carboxylic acids is 1. The van der Waals surface area contributed by atoms with Crippen molar-refractivity contribution < 1.29 is 14.4 Å². The zero-order valence-corrected chi connectivity index (χ0v) is 12.0. The van der Waals surface area contributed by atoms with Gasteiger partial charge in [-0.05, 0) is 23.8 Å². The molecule has 108 valence electrons. The molecular weight excluding hydrogens is 254 g/mol. The van der Waals surface area contributed by atoms with Gasteiger partial charge < -0.3 is 15.1 Å². The molecule has 1 aromatic carbocycles. The summed E-state index contributed by atoms with van der Waals surface area (Å²) in [4.78, 5) is 13.3. The molecule has 5 heteroatoms. The first-order valence-corrected chi connectivity index (χ1v) is 6.85. The van der Waals surface area contributed by atoms with Crippen molar-refractivity contribution in [2.45, 2.75) is 12.8 Å². The number of rotatable bonds is 5. The van der Waals surface area contributed by atoms with Gasteiger partial charge >= 0.3 is 0 Å². The van der Waals surface area contributed by atoms with Crippen LogP contribution in [-0.4, -0.2) is 33.2 Å². The summed E-state index contributed by atoms with van der Waals surface area (Å²) in [6, 6.07) is 7.52. The second-order valence-corrected chi connectivity index (χ2v) is 5.09. The summed E-state index contributed by atoms with van der Waals surface area (Å²) in [6.07, 6.45) is 3.45. The van der Waals surface area contributed by atoms with Crippen LogP contribution in [0.25, 0.3) is 0 Å². The van der Waals surface area contributed by atoms with Gasteiger partial charge in [-0.25, -0.2) is 0 Å². The standard InChI is InChI=1S/C15H21N3O2/c1-18-9-7-13(8-10-18)16-17-15(19)11-12-3-5-14(20-2)6-4-12/h3-7,16H,8-11H2,1-2H3,(H,17,19)/p+1. The molecular formula is C15H22N3O2+. The number of hydrogen-bond acceptors (Lipinski definition) is 3. The number of carbonyl (C=O) groups is 1. The Morgan fingerprint density at radius 3 is 2.70 bits per heavy atom. The predicted molar refractivity (Wildman–Crippen MR) is 77.3 cm³/mol. The lowest BCUT2D eigenvalue weighted by atomic mass is 10.1. The van der Waals surface area contributed by atoms with Crippen LogP contribution in [0, 0.1) is 0 Å². The van der Waals surface area contributed by atoms with E-state index in [1.165, 1.54) is 4.90 Å². The van der Waals surface area contributed by atoms with E-state index in [0.29, 0.717) is 6.42 Å². The van der Waals surface area contributed by atoms with Crippen LogP contribution in [0.15, 0.2) is 36.0 Å². The average molecular weight is 276 g/mol. The van der Waals surface area contributed by atoms with Crippen molar-refractivity contribution in [3.05, 3.63) is 41.6 Å². The van der Waals surface area contributed by atoms with Crippen LogP contribution in [0.2, 0.25) is 0 Å². The SMILES string of the molecule is COc1ccc(CC(=O)NNC2=CC[NH+](C)CC2)cc1. The molecule has 2 rings (SSSR count). The molecule has 0 fully saturated rings. The average Bonchev–Trinajstić information content (AvgIpc) is 2.47. The first-order chi connectivity index (χ1) is 9.67. The van der Waals surface area contributed by atoms with Crippen molar-refractivity contribution in [2.24, 2.45) is 0 Å². The number of nitrogens with one attached hydrogen (secondary N) is 3. The van der Waals surface area contributed by atoms with Gasteiger partial charge in [0.15, 0.2) is 0 Å². The molecule has 20 heavy (non-hydrogen) atoms. The molecule has 0 saturated carbocycles. The van der Waals surface area contributed by atoms with E-state index in [2.05, 4.69) is 24.0 Å². The maximum atomic E-state index is 11.8. The monoisotopic (exact) mass is 276 g/mol. The van der Waals surface area contributed by atoms with E-state index in [9.17, 15) is 4.79 Å². The van der Waals surface area contributed by atoms with Crippen molar-refractivity contribution in [1.29, 1.82) is 0 Å². The summed E-state index contributed by atoms with van der Waals surface area (Å²) in [5.74, 6) is 0.758. The molecule has 0 radical (unpaired) electrons. The number of hydrazine groups is 1. The van der Waals surface area contributed by atoms with Crippen molar-refractivity contribution in [2.75, 3.05) is 27.2 Å². The molecule has 0 spiro atoms. The van der Waals surface area contributed by atoms with Gasteiger partial charge in [0.05, 0.1) is 33.7 Å². The predicted octanol–water partition coefficient (Wildman–Crippen LogP) is -0.339. The fourth-order valence-corrected chi connectivity index (χ4v) is 2.09. The van der Waals surface area contributed by atoms with E-state index in [4.69, 9.17) is 4.74 Å².